The van der Waals surface area contributed by atoms with E-state index in [1.807, 2.05) is 12.1 Å². The molecule has 2 aromatic rings. The fourth-order valence-corrected chi connectivity index (χ4v) is 4.53. The Bertz CT molecular complexity index is 928. The zero-order valence-electron chi connectivity index (χ0n) is 17.4. The Morgan fingerprint density at radius 1 is 1.03 bits per heavy atom. The van der Waals surface area contributed by atoms with E-state index in [0.29, 0.717) is 13.0 Å². The minimum Gasteiger partial charge on any atom is -0.358 e. The van der Waals surface area contributed by atoms with Crippen LogP contribution >= 0.6 is 0 Å². The highest BCUT2D eigenvalue weighted by Crippen LogP contribution is 2.43. The zero-order valence-corrected chi connectivity index (χ0v) is 17.4. The van der Waals surface area contributed by atoms with Crippen LogP contribution in [0, 0.1) is 0 Å². The Labute approximate surface area is 179 Å². The van der Waals surface area contributed by atoms with Crippen molar-refractivity contribution in [2.75, 3.05) is 25.1 Å². The molecule has 0 radical (unpaired) electrons. The first-order chi connectivity index (χ1) is 14.7. The SMILES string of the molecule is C=CC(CC1=CCNC(F)=C1)(c1ccccc1)c1ccccc1NN1CCCCC1. The highest BCUT2D eigenvalue weighted by molar-refractivity contribution is 5.61. The van der Waals surface area contributed by atoms with E-state index in [1.54, 1.807) is 6.08 Å². The molecule has 4 rings (SSSR count). The van der Waals surface area contributed by atoms with Crippen molar-refractivity contribution in [1.82, 2.24) is 10.3 Å². The average Bonchev–Trinajstić information content (AvgIpc) is 2.79. The summed E-state index contributed by atoms with van der Waals surface area (Å²) in [6.45, 7) is 6.86. The number of halogens is 1. The van der Waals surface area contributed by atoms with Gasteiger partial charge in [-0.2, -0.15) is 4.39 Å². The molecular weight excluding hydrogens is 373 g/mol. The van der Waals surface area contributed by atoms with Gasteiger partial charge in [0.1, 0.15) is 0 Å². The van der Waals surface area contributed by atoms with E-state index in [-0.39, 0.29) is 5.95 Å². The molecule has 1 atom stereocenters. The number of piperidine rings is 1. The number of hydrogen-bond donors (Lipinski definition) is 2. The van der Waals surface area contributed by atoms with Gasteiger partial charge in [-0.15, -0.1) is 6.58 Å². The third-order valence-electron chi connectivity index (χ3n) is 6.11. The van der Waals surface area contributed by atoms with Crippen LogP contribution in [0.1, 0.15) is 36.8 Å². The molecular formula is C26H30FN3. The Hall–Kier alpha value is -2.85. The first-order valence-corrected chi connectivity index (χ1v) is 10.8. The standard InChI is InChI=1S/C26H30FN3/c1-2-26(22-11-5-3-6-12-22,20-21-15-16-28-25(27)19-21)23-13-7-8-14-24(23)29-30-17-9-4-10-18-30/h2-3,5-8,11-15,19,28-29H,1,4,9-10,16-18,20H2. The molecule has 0 saturated carbocycles. The second kappa shape index (κ2) is 9.31. The molecule has 0 bridgehead atoms. The van der Waals surface area contributed by atoms with Gasteiger partial charge in [0.2, 0.25) is 0 Å². The molecule has 0 aromatic heterocycles. The highest BCUT2D eigenvalue weighted by atomic mass is 19.1. The van der Waals surface area contributed by atoms with Crippen LogP contribution in [0.2, 0.25) is 0 Å². The number of nitrogens with zero attached hydrogens (tertiary/aromatic N) is 1. The summed E-state index contributed by atoms with van der Waals surface area (Å²) in [6.07, 6.45) is 10.0. The molecule has 1 fully saturated rings. The summed E-state index contributed by atoms with van der Waals surface area (Å²) in [7, 11) is 0. The number of nitrogens with one attached hydrogen (secondary N) is 2. The molecule has 2 heterocycles. The Kier molecular flexibility index (Phi) is 6.34. The van der Waals surface area contributed by atoms with Gasteiger partial charge in [-0.25, -0.2) is 5.01 Å². The number of hydrogen-bond acceptors (Lipinski definition) is 3. The lowest BCUT2D eigenvalue weighted by molar-refractivity contribution is 0.273. The molecule has 2 aliphatic rings. The van der Waals surface area contributed by atoms with E-state index >= 15 is 0 Å². The lowest BCUT2D eigenvalue weighted by atomic mass is 9.69. The number of dihydropyridines is 1. The lowest BCUT2D eigenvalue weighted by Crippen LogP contribution is -2.36. The molecule has 30 heavy (non-hydrogen) atoms. The molecule has 4 heteroatoms. The monoisotopic (exact) mass is 403 g/mol. The second-order valence-corrected chi connectivity index (χ2v) is 8.08. The fourth-order valence-electron chi connectivity index (χ4n) is 4.53. The maximum Gasteiger partial charge on any atom is 0.187 e. The van der Waals surface area contributed by atoms with Gasteiger partial charge in [-0.3, -0.25) is 0 Å². The molecule has 2 N–H and O–H groups in total. The predicted molar refractivity (Wildman–Crippen MR) is 123 cm³/mol. The average molecular weight is 404 g/mol. The van der Waals surface area contributed by atoms with Crippen LogP contribution in [0.15, 0.2) is 90.9 Å². The van der Waals surface area contributed by atoms with Gasteiger partial charge in [0.25, 0.3) is 0 Å². The number of rotatable bonds is 7. The molecule has 3 nitrogen and oxygen atoms in total. The van der Waals surface area contributed by atoms with Crippen LogP contribution in [0.3, 0.4) is 0 Å². The maximum absolute atomic E-state index is 14.0. The zero-order chi connectivity index (χ0) is 20.8. The van der Waals surface area contributed by atoms with Crippen LogP contribution in [0.5, 0.6) is 0 Å². The Balaban J connectivity index is 1.78. The summed E-state index contributed by atoms with van der Waals surface area (Å²) in [5.41, 5.74) is 7.57. The van der Waals surface area contributed by atoms with E-state index < -0.39 is 5.41 Å². The summed E-state index contributed by atoms with van der Waals surface area (Å²) < 4.78 is 14.0. The quantitative estimate of drug-likeness (QED) is 0.459. The topological polar surface area (TPSA) is 27.3 Å². The van der Waals surface area contributed by atoms with Crippen molar-refractivity contribution in [2.45, 2.75) is 31.1 Å². The molecule has 1 saturated heterocycles. The molecule has 2 aromatic carbocycles. The Morgan fingerprint density at radius 3 is 2.50 bits per heavy atom. The van der Waals surface area contributed by atoms with Crippen molar-refractivity contribution < 1.29 is 4.39 Å². The minimum absolute atomic E-state index is 0.279. The van der Waals surface area contributed by atoms with Crippen molar-refractivity contribution in [1.29, 1.82) is 0 Å². The molecule has 0 spiro atoms. The van der Waals surface area contributed by atoms with Gasteiger partial charge in [0.05, 0.1) is 5.69 Å². The van der Waals surface area contributed by atoms with Crippen LogP contribution in [-0.4, -0.2) is 24.6 Å². The fraction of sp³-hybridized carbons (Fsp3) is 0.308. The van der Waals surface area contributed by atoms with E-state index in [0.717, 1.165) is 35.5 Å². The second-order valence-electron chi connectivity index (χ2n) is 8.08. The van der Waals surface area contributed by atoms with Crippen molar-refractivity contribution in [3.63, 3.8) is 0 Å². The Morgan fingerprint density at radius 2 is 1.77 bits per heavy atom. The summed E-state index contributed by atoms with van der Waals surface area (Å²) in [5.74, 6) is -0.279. The van der Waals surface area contributed by atoms with Crippen LogP contribution in [0.25, 0.3) is 0 Å². The number of allylic oxidation sites excluding steroid dienone is 3. The van der Waals surface area contributed by atoms with Gasteiger partial charge in [0, 0.05) is 25.0 Å². The van der Waals surface area contributed by atoms with E-state index in [1.165, 1.54) is 19.3 Å². The van der Waals surface area contributed by atoms with Gasteiger partial charge >= 0.3 is 0 Å². The summed E-state index contributed by atoms with van der Waals surface area (Å²) in [6, 6.07) is 18.9. The van der Waals surface area contributed by atoms with E-state index in [9.17, 15) is 4.39 Å². The maximum atomic E-state index is 14.0. The third-order valence-corrected chi connectivity index (χ3v) is 6.11. The van der Waals surface area contributed by atoms with E-state index in [4.69, 9.17) is 0 Å². The normalized spacial score (nSPS) is 19.1. The smallest absolute Gasteiger partial charge is 0.187 e. The molecule has 2 aliphatic heterocycles. The number of para-hydroxylation sites is 1. The minimum atomic E-state index is -0.472. The van der Waals surface area contributed by atoms with Crippen molar-refractivity contribution >= 4 is 5.69 Å². The van der Waals surface area contributed by atoms with Gasteiger partial charge in [0.15, 0.2) is 5.95 Å². The van der Waals surface area contributed by atoms with Crippen LogP contribution < -0.4 is 10.7 Å². The van der Waals surface area contributed by atoms with Gasteiger partial charge in [-0.1, -0.05) is 67.1 Å². The number of anilines is 1. The van der Waals surface area contributed by atoms with Crippen molar-refractivity contribution in [2.24, 2.45) is 0 Å². The first kappa shape index (κ1) is 20.4. The summed E-state index contributed by atoms with van der Waals surface area (Å²) in [5, 5.41) is 5.04. The summed E-state index contributed by atoms with van der Waals surface area (Å²) >= 11 is 0. The molecule has 1 unspecified atom stereocenters. The lowest BCUT2D eigenvalue weighted by Gasteiger charge is -2.36. The highest BCUT2D eigenvalue weighted by Gasteiger charge is 2.34. The van der Waals surface area contributed by atoms with E-state index in [2.05, 4.69) is 76.9 Å². The number of benzene rings is 2. The molecule has 156 valence electrons. The largest absolute Gasteiger partial charge is 0.358 e. The first-order valence-electron chi connectivity index (χ1n) is 10.8. The van der Waals surface area contributed by atoms with Gasteiger partial charge < -0.3 is 10.7 Å². The summed E-state index contributed by atoms with van der Waals surface area (Å²) in [4.78, 5) is 0. The van der Waals surface area contributed by atoms with Crippen LogP contribution in [-0.2, 0) is 5.41 Å². The molecule has 0 amide bonds. The molecule has 0 aliphatic carbocycles. The predicted octanol–water partition coefficient (Wildman–Crippen LogP) is 5.70. The third kappa shape index (κ3) is 4.34. The van der Waals surface area contributed by atoms with Crippen molar-refractivity contribution in [3.05, 3.63) is 102 Å². The van der Waals surface area contributed by atoms with Crippen molar-refractivity contribution in [3.8, 4) is 0 Å². The van der Waals surface area contributed by atoms with Gasteiger partial charge in [-0.05, 0) is 48.1 Å². The number of hydrazine groups is 1. The van der Waals surface area contributed by atoms with Crippen LogP contribution in [0.4, 0.5) is 10.1 Å².